The van der Waals surface area contributed by atoms with Crippen LogP contribution >= 0.6 is 11.6 Å². The van der Waals surface area contributed by atoms with E-state index in [-0.39, 0.29) is 35.7 Å². The van der Waals surface area contributed by atoms with Crippen molar-refractivity contribution in [2.24, 2.45) is 0 Å². The summed E-state index contributed by atoms with van der Waals surface area (Å²) in [5.41, 5.74) is 42.2. The fourth-order valence-electron chi connectivity index (χ4n) is 14.7. The van der Waals surface area contributed by atoms with Crippen molar-refractivity contribution < 1.29 is 41.6 Å². The molecule has 0 bridgehead atoms. The molecular formula is C93H79ClF3N31O6. The Morgan fingerprint density at radius 1 is 0.328 bits per heavy atom. The van der Waals surface area contributed by atoms with Crippen molar-refractivity contribution in [3.63, 3.8) is 0 Å². The first-order chi connectivity index (χ1) is 64.8. The number of ether oxygens (including phenoxy) is 6. The second-order valence-corrected chi connectivity index (χ2v) is 30.2. The van der Waals surface area contributed by atoms with Gasteiger partial charge in [-0.2, -0.15) is 49.8 Å². The predicted octanol–water partition coefficient (Wildman–Crippen LogP) is 17.5. The van der Waals surface area contributed by atoms with Crippen molar-refractivity contribution in [2.75, 3.05) is 76.3 Å². The number of nitrogens with zero attached hydrogens (tertiary/aromatic N) is 21. The first kappa shape index (κ1) is 86.5. The molecule has 2 aliphatic rings. The summed E-state index contributed by atoms with van der Waals surface area (Å²) in [7, 11) is 2.99. The predicted molar refractivity (Wildman–Crippen MR) is 506 cm³/mol. The molecule has 15 N–H and O–H groups in total. The lowest BCUT2D eigenvalue weighted by Gasteiger charge is -2.11. The van der Waals surface area contributed by atoms with Crippen LogP contribution in [0.25, 0.3) is 84.9 Å². The Bertz CT molecular complexity index is 7810. The SMILES string of the molecule is COc1ccc(Nc2cc(N)nc(-n3c(C)nc4ccccc43)n2)cc1F.COc1ccc(Nc2cc(N)nc(-n3c(C)nc4ccccc43)n2)cn1.Cc1nc2ccccc2n1-c1nc(N)cc(Nc2ccc(Cl)cc2)n1.Cc1nc2ccccc2n1-c1nc(N)cc(Nc2ccc3c(c2)OC(F)(F)O3)n1.Cc1nc2ccccc2n1-c1nc(N)cc(Nc2ccc3c(c2)OCO3)n1. The minimum absolute atomic E-state index is 0.0380. The van der Waals surface area contributed by atoms with E-state index in [2.05, 4.69) is 116 Å². The smallest absolute Gasteiger partial charge is 0.494 e. The number of para-hydroxylation sites is 10. The van der Waals surface area contributed by atoms with Crippen LogP contribution in [-0.2, 0) is 0 Å². The Balaban J connectivity index is 0.000000112. The Morgan fingerprint density at radius 3 is 0.985 bits per heavy atom. The first-order valence-electron chi connectivity index (χ1n) is 41.0. The number of hydrogen-bond donors (Lipinski definition) is 10. The average molecular weight is 1820 g/mol. The van der Waals surface area contributed by atoms with E-state index in [0.29, 0.717) is 110 Å². The van der Waals surface area contributed by atoms with Crippen molar-refractivity contribution in [3.8, 4) is 64.4 Å². The third kappa shape index (κ3) is 19.0. The second kappa shape index (κ2) is 36.8. The molecule has 0 atom stereocenters. The van der Waals surface area contributed by atoms with Crippen molar-refractivity contribution in [1.82, 2.24) is 103 Å². The Morgan fingerprint density at radius 2 is 0.634 bits per heavy atom. The molecule has 0 radical (unpaired) electrons. The van der Waals surface area contributed by atoms with E-state index in [1.54, 1.807) is 60.3 Å². The van der Waals surface area contributed by atoms with E-state index in [4.69, 9.17) is 59.2 Å². The van der Waals surface area contributed by atoms with E-state index in [1.165, 1.54) is 37.4 Å². The van der Waals surface area contributed by atoms with Gasteiger partial charge in [0.15, 0.2) is 34.6 Å². The van der Waals surface area contributed by atoms with Crippen LogP contribution in [0.1, 0.15) is 29.1 Å². The highest BCUT2D eigenvalue weighted by molar-refractivity contribution is 6.30. The molecule has 0 saturated carbocycles. The molecule has 670 valence electrons. The number of anilines is 15. The monoisotopic (exact) mass is 1820 g/mol. The fraction of sp³-hybridized carbons (Fsp3) is 0.0968. The van der Waals surface area contributed by atoms with Crippen molar-refractivity contribution in [3.05, 3.63) is 289 Å². The molecule has 0 amide bonds. The highest BCUT2D eigenvalue weighted by atomic mass is 35.5. The number of rotatable bonds is 17. The van der Waals surface area contributed by atoms with E-state index in [1.807, 2.05) is 223 Å². The normalized spacial score (nSPS) is 12.0. The summed E-state index contributed by atoms with van der Waals surface area (Å²) in [5, 5.41) is 16.4. The Labute approximate surface area is 763 Å². The first-order valence-corrected chi connectivity index (χ1v) is 41.4. The van der Waals surface area contributed by atoms with Gasteiger partial charge in [-0.05, 0) is 162 Å². The number of halogens is 4. The molecule has 0 unspecified atom stereocenters. The number of nitrogen functional groups attached to an aromatic ring is 5. The van der Waals surface area contributed by atoms with Crippen LogP contribution in [0, 0.1) is 40.4 Å². The molecule has 41 heteroatoms. The third-order valence-electron chi connectivity index (χ3n) is 20.4. The molecule has 11 aromatic heterocycles. The lowest BCUT2D eigenvalue weighted by Crippen LogP contribution is -2.25. The number of alkyl halides is 2. The number of aromatic nitrogens is 21. The van der Waals surface area contributed by atoms with Gasteiger partial charge in [-0.25, -0.2) is 34.3 Å². The van der Waals surface area contributed by atoms with Gasteiger partial charge < -0.3 is 83.7 Å². The molecule has 37 nitrogen and oxygen atoms in total. The van der Waals surface area contributed by atoms with Crippen LogP contribution in [0.5, 0.6) is 34.6 Å². The zero-order valence-electron chi connectivity index (χ0n) is 72.1. The largest absolute Gasteiger partial charge is 0.586 e. The van der Waals surface area contributed by atoms with E-state index >= 15 is 0 Å². The number of nitrogens with one attached hydrogen (secondary N) is 5. The summed E-state index contributed by atoms with van der Waals surface area (Å²) >= 11 is 5.92. The number of aryl methyl sites for hydroxylation is 5. The number of pyridine rings is 1. The van der Waals surface area contributed by atoms with Gasteiger partial charge in [0.1, 0.15) is 87.3 Å². The summed E-state index contributed by atoms with van der Waals surface area (Å²) in [6, 6.07) is 72.5. The summed E-state index contributed by atoms with van der Waals surface area (Å²) in [6.45, 7) is 9.69. The summed E-state index contributed by atoms with van der Waals surface area (Å²) in [5.74, 6) is 11.7. The molecule has 0 spiro atoms. The lowest BCUT2D eigenvalue weighted by molar-refractivity contribution is -0.286. The standard InChI is InChI=1S/C19H14F2N6O2.C19H17FN6O.C19H16N6O2.C18H15ClN6.C18H17N7O/c1-10-23-12-4-2-3-5-13(12)27(10)18-25-16(22)9-17(26-18)24-11-6-7-14-15(8-11)29-19(20,21)28-14;1-11-22-14-5-3-4-6-15(14)26(11)19-24-17(21)10-18(25-19)23-12-7-8-16(27-2)13(20)9-12;1-11-21-13-4-2-3-5-14(13)25(11)19-23-17(20)9-18(24-19)22-12-6-7-15-16(8-12)27-10-26-15;1-11-21-14-4-2-3-5-15(14)25(11)18-23-16(20)10-17(24-18)22-13-8-6-12(19)7-9-13;1-11-21-13-5-3-4-6-14(13)25(11)18-23-15(19)9-16(24-18)22-12-7-8-17(26-2)20-10-12/h2-9H,1H3,(H3,22,24,25,26);3-10H,1-2H3,(H3,21,23,24,25);2-9H,10H2,1H3,(H3,20,22,23,24);2-10H,1H3,(H3,20,22,23,24);3-10H,1-2H3,(H3,19,22,23,24). The maximum atomic E-state index is 13.9. The van der Waals surface area contributed by atoms with Gasteiger partial charge >= 0.3 is 6.29 Å². The van der Waals surface area contributed by atoms with Crippen molar-refractivity contribution in [1.29, 1.82) is 0 Å². The molecule has 13 heterocycles. The molecule has 9 aromatic carbocycles. The minimum Gasteiger partial charge on any atom is -0.494 e. The van der Waals surface area contributed by atoms with Gasteiger partial charge in [-0.15, -0.1) is 8.78 Å². The van der Waals surface area contributed by atoms with Crippen LogP contribution in [-0.4, -0.2) is 130 Å². The number of imidazole rings is 5. The number of hydrogen-bond acceptors (Lipinski definition) is 32. The number of methoxy groups -OCH3 is 2. The van der Waals surface area contributed by atoms with Crippen LogP contribution in [0.15, 0.2) is 249 Å². The zero-order chi connectivity index (χ0) is 93.0. The van der Waals surface area contributed by atoms with Gasteiger partial charge in [0, 0.05) is 82.4 Å². The van der Waals surface area contributed by atoms with Gasteiger partial charge in [0.05, 0.1) is 81.3 Å². The molecule has 22 rings (SSSR count). The molecule has 134 heavy (non-hydrogen) atoms. The number of benzene rings is 9. The highest BCUT2D eigenvalue weighted by Gasteiger charge is 2.43. The van der Waals surface area contributed by atoms with E-state index in [9.17, 15) is 13.2 Å². The summed E-state index contributed by atoms with van der Waals surface area (Å²) in [4.78, 5) is 71.5. The van der Waals surface area contributed by atoms with E-state index in [0.717, 1.165) is 101 Å². The third-order valence-corrected chi connectivity index (χ3v) is 20.6. The van der Waals surface area contributed by atoms with E-state index < -0.39 is 12.1 Å². The van der Waals surface area contributed by atoms with Gasteiger partial charge in [-0.1, -0.05) is 72.3 Å². The molecular weight excluding hydrogens is 1740 g/mol. The zero-order valence-corrected chi connectivity index (χ0v) is 72.9. The lowest BCUT2D eigenvalue weighted by atomic mass is 10.3. The molecule has 20 aromatic rings. The fourth-order valence-corrected chi connectivity index (χ4v) is 14.8. The van der Waals surface area contributed by atoms with Crippen LogP contribution in [0.3, 0.4) is 0 Å². The van der Waals surface area contributed by atoms with Gasteiger partial charge in [0.25, 0.3) is 0 Å². The minimum atomic E-state index is -3.67. The maximum absolute atomic E-state index is 13.9. The number of nitrogens with two attached hydrogens (primary N) is 5. The van der Waals surface area contributed by atoms with Crippen molar-refractivity contribution in [2.45, 2.75) is 40.9 Å². The van der Waals surface area contributed by atoms with Gasteiger partial charge in [0.2, 0.25) is 42.4 Å². The molecule has 0 fully saturated rings. The Hall–Kier alpha value is -18.2. The highest BCUT2D eigenvalue weighted by Crippen LogP contribution is 2.43. The van der Waals surface area contributed by atoms with Crippen LogP contribution in [0.2, 0.25) is 5.02 Å². The van der Waals surface area contributed by atoms with Crippen LogP contribution < -0.4 is 83.7 Å². The summed E-state index contributed by atoms with van der Waals surface area (Å²) in [6.07, 6.45) is -2.01. The maximum Gasteiger partial charge on any atom is 0.586 e. The van der Waals surface area contributed by atoms with Crippen molar-refractivity contribution >= 4 is 153 Å². The van der Waals surface area contributed by atoms with Gasteiger partial charge in [-0.3, -0.25) is 22.8 Å². The number of fused-ring (bicyclic) bond motifs is 7. The molecule has 2 aliphatic heterocycles. The van der Waals surface area contributed by atoms with Crippen LogP contribution in [0.4, 0.5) is 99.8 Å². The topological polar surface area (TPSA) is 477 Å². The quantitative estimate of drug-likeness (QED) is 0.0405. The second-order valence-electron chi connectivity index (χ2n) is 29.8. The molecule has 0 aliphatic carbocycles. The average Bonchev–Trinajstić information content (AvgIpc) is 1.63. The Kier molecular flexibility index (Phi) is 23.8. The molecule has 0 saturated heterocycles. The summed E-state index contributed by atoms with van der Waals surface area (Å²) < 4.78 is 79.3.